The Hall–Kier alpha value is 3.25. The van der Waals surface area contributed by atoms with Crippen molar-refractivity contribution in [3.05, 3.63) is 0 Å². The van der Waals surface area contributed by atoms with Crippen LogP contribution in [0.3, 0.4) is 0 Å². The SMILES string of the molecule is [Cl-].[Na+].[Na+].[Na+].[OH-]. The van der Waals surface area contributed by atoms with Gasteiger partial charge < -0.3 is 17.9 Å². The average molecular weight is 121 g/mol. The second kappa shape index (κ2) is 26.8. The van der Waals surface area contributed by atoms with Crippen LogP contribution in [0, 0.1) is 0 Å². The third kappa shape index (κ3) is 18.9. The van der Waals surface area contributed by atoms with Crippen molar-refractivity contribution in [2.45, 2.75) is 0 Å². The van der Waals surface area contributed by atoms with Crippen LogP contribution in [-0.4, -0.2) is 5.48 Å². The van der Waals surface area contributed by atoms with Crippen LogP contribution in [0.25, 0.3) is 0 Å². The van der Waals surface area contributed by atoms with Gasteiger partial charge in [0.25, 0.3) is 0 Å². The molecule has 0 fully saturated rings. The molecule has 5 heteroatoms. The van der Waals surface area contributed by atoms with E-state index in [1.807, 2.05) is 0 Å². The molecule has 0 aromatic rings. The molecule has 0 amide bonds. The fraction of sp³-hybridized carbons (Fsp3) is 0. The number of halogens is 1. The van der Waals surface area contributed by atoms with E-state index in [1.54, 1.807) is 0 Å². The first-order valence-electron chi connectivity index (χ1n) is 0. The van der Waals surface area contributed by atoms with Crippen molar-refractivity contribution in [3.63, 3.8) is 0 Å². The van der Waals surface area contributed by atoms with E-state index in [4.69, 9.17) is 0 Å². The normalized spacial score (nSPS) is 0. The fourth-order valence-electron chi connectivity index (χ4n) is 0. The zero-order valence-electron chi connectivity index (χ0n) is 3.83. The van der Waals surface area contributed by atoms with Crippen molar-refractivity contribution < 1.29 is 107 Å². The first kappa shape index (κ1) is 41.1. The molecule has 1 nitrogen and oxygen atoms in total. The fourth-order valence-corrected chi connectivity index (χ4v) is 0. The minimum atomic E-state index is 0. The molecule has 0 aliphatic rings. The first-order chi connectivity index (χ1) is 0. The molecule has 0 aromatic carbocycles. The molecule has 0 bridgehead atoms. The molecule has 0 radical (unpaired) electrons. The molecule has 5 heavy (non-hydrogen) atoms. The molecule has 0 rings (SSSR count). The summed E-state index contributed by atoms with van der Waals surface area (Å²) in [6.45, 7) is 0. The van der Waals surface area contributed by atoms with E-state index in [2.05, 4.69) is 0 Å². The van der Waals surface area contributed by atoms with Crippen molar-refractivity contribution in [2.75, 3.05) is 0 Å². The molecule has 0 atom stereocenters. The summed E-state index contributed by atoms with van der Waals surface area (Å²) < 4.78 is 0. The van der Waals surface area contributed by atoms with Crippen molar-refractivity contribution in [3.8, 4) is 0 Å². The van der Waals surface area contributed by atoms with Crippen LogP contribution in [0.2, 0.25) is 0 Å². The Bertz CT molecular complexity index is 6.85. The third-order valence-corrected chi connectivity index (χ3v) is 0. The molecule has 0 aliphatic carbocycles. The smallest absolute Gasteiger partial charge is 1.00 e. The third-order valence-electron chi connectivity index (χ3n) is 0. The Labute approximate surface area is 104 Å². The topological polar surface area (TPSA) is 30.0 Å². The monoisotopic (exact) mass is 121 g/mol. The van der Waals surface area contributed by atoms with E-state index in [0.717, 1.165) is 0 Å². The van der Waals surface area contributed by atoms with Crippen LogP contribution >= 0.6 is 0 Å². The second-order valence-corrected chi connectivity index (χ2v) is 0. The van der Waals surface area contributed by atoms with Crippen molar-refractivity contribution in [1.82, 2.24) is 0 Å². The van der Waals surface area contributed by atoms with Gasteiger partial charge in [0.1, 0.15) is 0 Å². The van der Waals surface area contributed by atoms with Crippen LogP contribution in [0.4, 0.5) is 0 Å². The van der Waals surface area contributed by atoms with Gasteiger partial charge >= 0.3 is 88.7 Å². The summed E-state index contributed by atoms with van der Waals surface area (Å²) in [5.41, 5.74) is 0. The summed E-state index contributed by atoms with van der Waals surface area (Å²) >= 11 is 0. The Kier molecular flexibility index (Phi) is 220. The van der Waals surface area contributed by atoms with Crippen LogP contribution in [0.15, 0.2) is 0 Å². The predicted molar refractivity (Wildman–Crippen MR) is 1.94 cm³/mol. The maximum Gasteiger partial charge on any atom is 1.00 e. The Morgan fingerprint density at radius 2 is 0.600 bits per heavy atom. The van der Waals surface area contributed by atoms with Crippen molar-refractivity contribution >= 4 is 0 Å². The minimum absolute atomic E-state index is 0. The summed E-state index contributed by atoms with van der Waals surface area (Å²) in [6.07, 6.45) is 0. The number of hydrogen-bond acceptors (Lipinski definition) is 1. The standard InChI is InChI=1S/ClH.3Na.H2O/h1H;;;;1H2/q;3*+1;/p-2. The second-order valence-electron chi connectivity index (χ2n) is 0. The van der Waals surface area contributed by atoms with Gasteiger partial charge in [-0.2, -0.15) is 0 Å². The summed E-state index contributed by atoms with van der Waals surface area (Å²) in [6, 6.07) is 0. The van der Waals surface area contributed by atoms with E-state index in [1.165, 1.54) is 0 Å². The molecule has 0 saturated carbocycles. The molecular weight excluding hydrogens is 120 g/mol. The van der Waals surface area contributed by atoms with Crippen LogP contribution in [0.5, 0.6) is 0 Å². The van der Waals surface area contributed by atoms with E-state index >= 15 is 0 Å². The van der Waals surface area contributed by atoms with Gasteiger partial charge in [-0.15, -0.1) is 0 Å². The molecule has 0 aliphatic heterocycles. The van der Waals surface area contributed by atoms with Gasteiger partial charge in [0, 0.05) is 0 Å². The predicted octanol–water partition coefficient (Wildman–Crippen LogP) is -12.2. The maximum absolute atomic E-state index is 0. The molecule has 16 valence electrons. The van der Waals surface area contributed by atoms with Crippen molar-refractivity contribution in [1.29, 1.82) is 0 Å². The zero-order chi connectivity index (χ0) is 0. The van der Waals surface area contributed by atoms with E-state index in [0.29, 0.717) is 0 Å². The maximum atomic E-state index is 0. The quantitative estimate of drug-likeness (QED) is 0.293. The summed E-state index contributed by atoms with van der Waals surface area (Å²) in [5, 5.41) is 0. The van der Waals surface area contributed by atoms with Gasteiger partial charge in [-0.25, -0.2) is 0 Å². The molecule has 1 N–H and O–H groups in total. The van der Waals surface area contributed by atoms with Gasteiger partial charge in [0.2, 0.25) is 0 Å². The van der Waals surface area contributed by atoms with Gasteiger partial charge in [-0.1, -0.05) is 0 Å². The molecule has 0 heterocycles. The van der Waals surface area contributed by atoms with Gasteiger partial charge in [-0.3, -0.25) is 0 Å². The Balaban J connectivity index is 0. The molecule has 0 unspecified atom stereocenters. The molecule has 0 aromatic heterocycles. The summed E-state index contributed by atoms with van der Waals surface area (Å²) in [4.78, 5) is 0. The first-order valence-corrected chi connectivity index (χ1v) is 0. The van der Waals surface area contributed by atoms with Crippen LogP contribution in [-0.2, 0) is 0 Å². The Morgan fingerprint density at radius 3 is 0.600 bits per heavy atom. The van der Waals surface area contributed by atoms with Gasteiger partial charge in [0.15, 0.2) is 0 Å². The van der Waals surface area contributed by atoms with E-state index in [-0.39, 0.29) is 107 Å². The number of hydrogen-bond donors (Lipinski definition) is 0. The summed E-state index contributed by atoms with van der Waals surface area (Å²) in [5.74, 6) is 0. The molecule has 0 spiro atoms. The number of rotatable bonds is 0. The van der Waals surface area contributed by atoms with Crippen LogP contribution < -0.4 is 101 Å². The zero-order valence-corrected chi connectivity index (χ0v) is 10.6. The minimum Gasteiger partial charge on any atom is -1.00 e. The van der Waals surface area contributed by atoms with Gasteiger partial charge in [0.05, 0.1) is 0 Å². The Morgan fingerprint density at radius 1 is 0.600 bits per heavy atom. The van der Waals surface area contributed by atoms with Crippen LogP contribution in [0.1, 0.15) is 0 Å². The summed E-state index contributed by atoms with van der Waals surface area (Å²) in [7, 11) is 0. The van der Waals surface area contributed by atoms with Crippen molar-refractivity contribution in [2.24, 2.45) is 0 Å². The largest absolute Gasteiger partial charge is 1.00 e. The van der Waals surface area contributed by atoms with E-state index in [9.17, 15) is 0 Å². The van der Waals surface area contributed by atoms with E-state index < -0.39 is 0 Å². The molecular formula is HClNa3O+. The molecule has 0 saturated heterocycles. The van der Waals surface area contributed by atoms with Gasteiger partial charge in [-0.05, 0) is 0 Å². The average Bonchev–Trinajstić information content (AvgIpc) is 0.